The highest BCUT2D eigenvalue weighted by molar-refractivity contribution is 5.81. The van der Waals surface area contributed by atoms with Crippen LogP contribution in [0.1, 0.15) is 18.4 Å². The lowest BCUT2D eigenvalue weighted by atomic mass is 10.0. The lowest BCUT2D eigenvalue weighted by molar-refractivity contribution is -0.133. The van der Waals surface area contributed by atoms with Gasteiger partial charge < -0.3 is 15.4 Å². The summed E-state index contributed by atoms with van der Waals surface area (Å²) in [5, 5.41) is 0. The van der Waals surface area contributed by atoms with Gasteiger partial charge in [-0.25, -0.2) is 0 Å². The number of hydrogen-bond acceptors (Lipinski definition) is 3. The van der Waals surface area contributed by atoms with Crippen molar-refractivity contribution in [3.63, 3.8) is 0 Å². The maximum atomic E-state index is 12.2. The van der Waals surface area contributed by atoms with Crippen molar-refractivity contribution in [3.05, 3.63) is 35.9 Å². The van der Waals surface area contributed by atoms with Gasteiger partial charge in [0.2, 0.25) is 5.91 Å². The zero-order valence-corrected chi connectivity index (χ0v) is 11.4. The summed E-state index contributed by atoms with van der Waals surface area (Å²) < 4.78 is 5.30. The van der Waals surface area contributed by atoms with E-state index in [-0.39, 0.29) is 11.9 Å². The van der Waals surface area contributed by atoms with Crippen LogP contribution < -0.4 is 5.73 Å². The number of hydrogen-bond donors (Lipinski definition) is 1. The minimum atomic E-state index is -0.425. The molecule has 1 aliphatic heterocycles. The smallest absolute Gasteiger partial charge is 0.239 e. The van der Waals surface area contributed by atoms with Gasteiger partial charge in [0.25, 0.3) is 0 Å². The van der Waals surface area contributed by atoms with Gasteiger partial charge in [-0.15, -0.1) is 0 Å². The first-order chi connectivity index (χ1) is 9.18. The van der Waals surface area contributed by atoms with Crippen molar-refractivity contribution in [2.75, 3.05) is 20.3 Å². The summed E-state index contributed by atoms with van der Waals surface area (Å²) in [7, 11) is 1.82. The van der Waals surface area contributed by atoms with Crippen molar-refractivity contribution in [2.24, 2.45) is 5.73 Å². The molecule has 1 amide bonds. The Morgan fingerprint density at radius 1 is 1.47 bits per heavy atom. The van der Waals surface area contributed by atoms with Crippen LogP contribution >= 0.6 is 0 Å². The van der Waals surface area contributed by atoms with Crippen LogP contribution in [0.5, 0.6) is 0 Å². The fraction of sp³-hybridized carbons (Fsp3) is 0.533. The van der Waals surface area contributed by atoms with Crippen molar-refractivity contribution in [1.29, 1.82) is 0 Å². The molecule has 2 atom stereocenters. The summed E-state index contributed by atoms with van der Waals surface area (Å²) in [6, 6.07) is 9.89. The average Bonchev–Trinajstić information content (AvgIpc) is 2.98. The summed E-state index contributed by atoms with van der Waals surface area (Å²) in [4.78, 5) is 13.9. The fourth-order valence-corrected chi connectivity index (χ4v) is 2.36. The minimum absolute atomic E-state index is 0.0198. The highest BCUT2D eigenvalue weighted by Gasteiger charge is 2.27. The average molecular weight is 262 g/mol. The predicted molar refractivity (Wildman–Crippen MR) is 74.7 cm³/mol. The molecule has 0 aromatic heterocycles. The Kier molecular flexibility index (Phi) is 4.93. The quantitative estimate of drug-likeness (QED) is 0.867. The maximum Gasteiger partial charge on any atom is 0.239 e. The summed E-state index contributed by atoms with van der Waals surface area (Å²) in [5.41, 5.74) is 7.22. The summed E-state index contributed by atoms with van der Waals surface area (Å²) in [5.74, 6) is 0.0198. The molecule has 1 aliphatic rings. The molecule has 0 bridgehead atoms. The third kappa shape index (κ3) is 3.78. The van der Waals surface area contributed by atoms with Crippen LogP contribution in [0, 0.1) is 0 Å². The van der Waals surface area contributed by atoms with Crippen LogP contribution in [0.15, 0.2) is 30.3 Å². The molecule has 19 heavy (non-hydrogen) atoms. The summed E-state index contributed by atoms with van der Waals surface area (Å²) in [6.07, 6.45) is 2.43. The van der Waals surface area contributed by atoms with Gasteiger partial charge in [0, 0.05) is 13.7 Å². The Balaban J connectivity index is 1.81. The van der Waals surface area contributed by atoms with Crippen molar-refractivity contribution < 1.29 is 9.53 Å². The number of nitrogens with two attached hydrogens (primary N) is 1. The van der Waals surface area contributed by atoms with Crippen molar-refractivity contribution in [2.45, 2.75) is 31.3 Å². The van der Waals surface area contributed by atoms with Gasteiger partial charge in [-0.1, -0.05) is 30.3 Å². The molecule has 104 valence electrons. The standard InChI is InChI=1S/C15H22N2O2/c1-17(13-9-10-19-11-13)15(18)14(16)8-7-12-5-3-2-4-6-12/h2-6,13-14H,7-11,16H2,1H3/t13?,14-/m0/s1. The van der Waals surface area contributed by atoms with Gasteiger partial charge in [0.05, 0.1) is 18.7 Å². The molecule has 4 nitrogen and oxygen atoms in total. The molecule has 1 aromatic rings. The third-order valence-corrected chi connectivity index (χ3v) is 3.71. The molecular weight excluding hydrogens is 240 g/mol. The highest BCUT2D eigenvalue weighted by atomic mass is 16.5. The van der Waals surface area contributed by atoms with Crippen LogP contribution in [0.4, 0.5) is 0 Å². The second-order valence-electron chi connectivity index (χ2n) is 5.10. The molecule has 1 fully saturated rings. The normalized spacial score (nSPS) is 20.2. The molecular formula is C15H22N2O2. The molecule has 2 rings (SSSR count). The highest BCUT2D eigenvalue weighted by Crippen LogP contribution is 2.13. The SMILES string of the molecule is CN(C(=O)[C@@H](N)CCc1ccccc1)C1CCOC1. The molecule has 1 heterocycles. The van der Waals surface area contributed by atoms with Crippen LogP contribution in [-0.4, -0.2) is 43.2 Å². The number of benzene rings is 1. The summed E-state index contributed by atoms with van der Waals surface area (Å²) in [6.45, 7) is 1.37. The van der Waals surface area contributed by atoms with E-state index in [1.807, 2.05) is 25.2 Å². The molecule has 0 spiro atoms. The van der Waals surface area contributed by atoms with E-state index in [2.05, 4.69) is 12.1 Å². The van der Waals surface area contributed by atoms with Crippen molar-refractivity contribution in [3.8, 4) is 0 Å². The van der Waals surface area contributed by atoms with Crippen molar-refractivity contribution in [1.82, 2.24) is 4.90 Å². The van der Waals surface area contributed by atoms with Crippen LogP contribution in [0.25, 0.3) is 0 Å². The van der Waals surface area contributed by atoms with E-state index in [4.69, 9.17) is 10.5 Å². The summed E-state index contributed by atoms with van der Waals surface area (Å²) >= 11 is 0. The second kappa shape index (κ2) is 6.68. The lowest BCUT2D eigenvalue weighted by Crippen LogP contribution is -2.47. The largest absolute Gasteiger partial charge is 0.379 e. The van der Waals surface area contributed by atoms with E-state index in [9.17, 15) is 4.79 Å². The van der Waals surface area contributed by atoms with E-state index >= 15 is 0 Å². The number of ether oxygens (including phenoxy) is 1. The Labute approximate surface area is 114 Å². The van der Waals surface area contributed by atoms with Gasteiger partial charge in [-0.2, -0.15) is 0 Å². The van der Waals surface area contributed by atoms with Gasteiger partial charge in [0.15, 0.2) is 0 Å². The lowest BCUT2D eigenvalue weighted by Gasteiger charge is -2.26. The van der Waals surface area contributed by atoms with E-state index in [1.54, 1.807) is 4.90 Å². The number of carbonyl (C=O) groups is 1. The molecule has 1 unspecified atom stereocenters. The fourth-order valence-electron chi connectivity index (χ4n) is 2.36. The first kappa shape index (κ1) is 14.0. The van der Waals surface area contributed by atoms with Gasteiger partial charge in [-0.3, -0.25) is 4.79 Å². The van der Waals surface area contributed by atoms with Gasteiger partial charge >= 0.3 is 0 Å². The molecule has 2 N–H and O–H groups in total. The van der Waals surface area contributed by atoms with Crippen molar-refractivity contribution >= 4 is 5.91 Å². The number of likely N-dealkylation sites (N-methyl/N-ethyl adjacent to an activating group) is 1. The van der Waals surface area contributed by atoms with E-state index in [1.165, 1.54) is 5.56 Å². The molecule has 1 saturated heterocycles. The Morgan fingerprint density at radius 3 is 2.84 bits per heavy atom. The number of carbonyl (C=O) groups excluding carboxylic acids is 1. The second-order valence-corrected chi connectivity index (χ2v) is 5.10. The van der Waals surface area contributed by atoms with Gasteiger partial charge in [0.1, 0.15) is 0 Å². The molecule has 0 radical (unpaired) electrons. The van der Waals surface area contributed by atoms with E-state index in [0.717, 1.165) is 19.4 Å². The number of rotatable bonds is 5. The Bertz CT molecular complexity index is 402. The monoisotopic (exact) mass is 262 g/mol. The molecule has 0 saturated carbocycles. The first-order valence-corrected chi connectivity index (χ1v) is 6.82. The number of amides is 1. The maximum absolute atomic E-state index is 12.2. The third-order valence-electron chi connectivity index (χ3n) is 3.71. The topological polar surface area (TPSA) is 55.6 Å². The zero-order chi connectivity index (χ0) is 13.7. The van der Waals surface area contributed by atoms with Crippen LogP contribution in [0.3, 0.4) is 0 Å². The number of nitrogens with zero attached hydrogens (tertiary/aromatic N) is 1. The molecule has 1 aromatic carbocycles. The molecule has 0 aliphatic carbocycles. The molecule has 4 heteroatoms. The zero-order valence-electron chi connectivity index (χ0n) is 11.4. The van der Waals surface area contributed by atoms with Gasteiger partial charge in [-0.05, 0) is 24.8 Å². The first-order valence-electron chi connectivity index (χ1n) is 6.82. The van der Waals surface area contributed by atoms with E-state index in [0.29, 0.717) is 13.0 Å². The number of aryl methyl sites for hydroxylation is 1. The predicted octanol–water partition coefficient (Wildman–Crippen LogP) is 1.19. The van der Waals surface area contributed by atoms with Crippen LogP contribution in [0.2, 0.25) is 0 Å². The Hall–Kier alpha value is -1.39. The van der Waals surface area contributed by atoms with Crippen LogP contribution in [-0.2, 0) is 16.0 Å². The minimum Gasteiger partial charge on any atom is -0.379 e. The van der Waals surface area contributed by atoms with E-state index < -0.39 is 6.04 Å². The Morgan fingerprint density at radius 2 is 2.21 bits per heavy atom.